The topological polar surface area (TPSA) is 53.6 Å². The van der Waals surface area contributed by atoms with E-state index in [1.165, 1.54) is 12.1 Å². The van der Waals surface area contributed by atoms with Crippen LogP contribution in [0.1, 0.15) is 12.5 Å². The number of rotatable bonds is 6. The molecule has 1 aromatic carbocycles. The Labute approximate surface area is 127 Å². The van der Waals surface area contributed by atoms with Gasteiger partial charge in [0, 0.05) is 32.9 Å². The minimum atomic E-state index is -4.56. The van der Waals surface area contributed by atoms with Gasteiger partial charge in [0.1, 0.15) is 0 Å². The number of urea groups is 1. The lowest BCUT2D eigenvalue weighted by Crippen LogP contribution is -2.32. The maximum Gasteiger partial charge on any atom is 0.418 e. The molecule has 0 aliphatic carbocycles. The van der Waals surface area contributed by atoms with Gasteiger partial charge in [0.2, 0.25) is 0 Å². The van der Waals surface area contributed by atoms with Gasteiger partial charge in [-0.2, -0.15) is 13.2 Å². The fourth-order valence-corrected chi connectivity index (χ4v) is 1.70. The van der Waals surface area contributed by atoms with Crippen molar-refractivity contribution in [2.75, 3.05) is 44.1 Å². The highest BCUT2D eigenvalue weighted by Crippen LogP contribution is 2.37. The van der Waals surface area contributed by atoms with Crippen molar-refractivity contribution in [3.8, 4) is 0 Å². The van der Waals surface area contributed by atoms with E-state index in [-0.39, 0.29) is 12.2 Å². The lowest BCUT2D eigenvalue weighted by molar-refractivity contribution is -0.136. The van der Waals surface area contributed by atoms with E-state index in [1.54, 1.807) is 19.0 Å². The van der Waals surface area contributed by atoms with Crippen LogP contribution in [0.2, 0.25) is 0 Å². The van der Waals surface area contributed by atoms with Gasteiger partial charge >= 0.3 is 12.2 Å². The Balaban J connectivity index is 2.83. The number of halogens is 3. The monoisotopic (exact) mass is 319 g/mol. The van der Waals surface area contributed by atoms with Gasteiger partial charge in [-0.05, 0) is 25.1 Å². The molecule has 0 bridgehead atoms. The number of hydrogen-bond acceptors (Lipinski definition) is 3. The summed E-state index contributed by atoms with van der Waals surface area (Å²) < 4.78 is 44.3. The zero-order chi connectivity index (χ0) is 16.8. The SMILES string of the molecule is CCOCCNC(=O)Nc1ccc(N(C)C)cc1C(F)(F)F. The molecule has 124 valence electrons. The van der Waals surface area contributed by atoms with E-state index in [2.05, 4.69) is 10.6 Å². The first kappa shape index (κ1) is 18.1. The van der Waals surface area contributed by atoms with Crippen molar-refractivity contribution in [2.45, 2.75) is 13.1 Å². The van der Waals surface area contributed by atoms with Crippen molar-refractivity contribution >= 4 is 17.4 Å². The highest BCUT2D eigenvalue weighted by Gasteiger charge is 2.34. The molecule has 0 unspecified atom stereocenters. The van der Waals surface area contributed by atoms with Crippen LogP contribution in [0, 0.1) is 0 Å². The van der Waals surface area contributed by atoms with Gasteiger partial charge in [0.05, 0.1) is 17.9 Å². The van der Waals surface area contributed by atoms with Crippen molar-refractivity contribution in [1.82, 2.24) is 5.32 Å². The van der Waals surface area contributed by atoms with E-state index in [4.69, 9.17) is 4.74 Å². The minimum Gasteiger partial charge on any atom is -0.380 e. The van der Waals surface area contributed by atoms with E-state index < -0.39 is 17.8 Å². The summed E-state index contributed by atoms with van der Waals surface area (Å²) in [5, 5.41) is 4.65. The van der Waals surface area contributed by atoms with Crippen LogP contribution in [0.5, 0.6) is 0 Å². The molecule has 0 heterocycles. The molecular weight excluding hydrogens is 299 g/mol. The summed E-state index contributed by atoms with van der Waals surface area (Å²) in [6.45, 7) is 2.84. The van der Waals surface area contributed by atoms with E-state index in [0.29, 0.717) is 18.9 Å². The van der Waals surface area contributed by atoms with Gasteiger partial charge in [-0.3, -0.25) is 0 Å². The van der Waals surface area contributed by atoms with E-state index in [0.717, 1.165) is 6.07 Å². The standard InChI is InChI=1S/C14H20F3N3O2/c1-4-22-8-7-18-13(21)19-12-6-5-10(20(2)3)9-11(12)14(15,16)17/h5-6,9H,4,7-8H2,1-3H3,(H2,18,19,21). The van der Waals surface area contributed by atoms with Crippen LogP contribution in [0.4, 0.5) is 29.3 Å². The maximum atomic E-state index is 13.1. The lowest BCUT2D eigenvalue weighted by atomic mass is 10.1. The third kappa shape index (κ3) is 5.44. The summed E-state index contributed by atoms with van der Waals surface area (Å²) in [5.74, 6) is 0. The van der Waals surface area contributed by atoms with Crippen molar-refractivity contribution in [2.24, 2.45) is 0 Å². The Bertz CT molecular complexity index is 505. The zero-order valence-electron chi connectivity index (χ0n) is 12.8. The molecule has 0 spiro atoms. The van der Waals surface area contributed by atoms with Gasteiger partial charge < -0.3 is 20.3 Å². The van der Waals surface area contributed by atoms with Crippen molar-refractivity contribution in [3.05, 3.63) is 23.8 Å². The summed E-state index contributed by atoms with van der Waals surface area (Å²) >= 11 is 0. The number of carbonyl (C=O) groups excluding carboxylic acids is 1. The minimum absolute atomic E-state index is 0.219. The third-order valence-corrected chi connectivity index (χ3v) is 2.81. The molecule has 1 rings (SSSR count). The molecule has 0 atom stereocenters. The normalized spacial score (nSPS) is 11.2. The van der Waals surface area contributed by atoms with E-state index in [1.807, 2.05) is 6.92 Å². The van der Waals surface area contributed by atoms with Crippen LogP contribution >= 0.6 is 0 Å². The van der Waals surface area contributed by atoms with Crippen molar-refractivity contribution in [3.63, 3.8) is 0 Å². The zero-order valence-corrected chi connectivity index (χ0v) is 12.8. The quantitative estimate of drug-likeness (QED) is 0.793. The van der Waals surface area contributed by atoms with Gasteiger partial charge in [0.25, 0.3) is 0 Å². The summed E-state index contributed by atoms with van der Waals surface area (Å²) in [6.07, 6.45) is -4.56. The first-order valence-electron chi connectivity index (χ1n) is 6.77. The molecule has 0 radical (unpaired) electrons. The van der Waals surface area contributed by atoms with E-state index >= 15 is 0 Å². The van der Waals surface area contributed by atoms with Crippen LogP contribution in [-0.2, 0) is 10.9 Å². The molecule has 5 nitrogen and oxygen atoms in total. The summed E-state index contributed by atoms with van der Waals surface area (Å²) in [4.78, 5) is 13.2. The molecule has 2 amide bonds. The smallest absolute Gasteiger partial charge is 0.380 e. The average molecular weight is 319 g/mol. The van der Waals surface area contributed by atoms with Gasteiger partial charge in [0.15, 0.2) is 0 Å². The van der Waals surface area contributed by atoms with Gasteiger partial charge in [-0.25, -0.2) is 4.79 Å². The fraction of sp³-hybridized carbons (Fsp3) is 0.500. The lowest BCUT2D eigenvalue weighted by Gasteiger charge is -2.19. The van der Waals surface area contributed by atoms with Crippen LogP contribution in [0.3, 0.4) is 0 Å². The second-order valence-corrected chi connectivity index (χ2v) is 4.70. The molecule has 0 saturated heterocycles. The van der Waals surface area contributed by atoms with Crippen LogP contribution in [-0.4, -0.2) is 39.9 Å². The first-order chi connectivity index (χ1) is 10.3. The second kappa shape index (κ2) is 7.88. The summed E-state index contributed by atoms with van der Waals surface area (Å²) in [6, 6.07) is 3.03. The van der Waals surface area contributed by atoms with Gasteiger partial charge in [-0.15, -0.1) is 0 Å². The number of anilines is 2. The molecular formula is C14H20F3N3O2. The summed E-state index contributed by atoms with van der Waals surface area (Å²) in [5.41, 5.74) is -0.778. The Morgan fingerprint density at radius 2 is 2.00 bits per heavy atom. The Hall–Kier alpha value is -1.96. The third-order valence-electron chi connectivity index (χ3n) is 2.81. The molecule has 2 N–H and O–H groups in total. The average Bonchev–Trinajstić information content (AvgIpc) is 2.42. The van der Waals surface area contributed by atoms with Crippen LogP contribution in [0.15, 0.2) is 18.2 Å². The number of alkyl halides is 3. The number of nitrogens with zero attached hydrogens (tertiary/aromatic N) is 1. The fourth-order valence-electron chi connectivity index (χ4n) is 1.70. The van der Waals surface area contributed by atoms with Crippen LogP contribution < -0.4 is 15.5 Å². The predicted octanol–water partition coefficient (Wildman–Crippen LogP) is 2.93. The van der Waals surface area contributed by atoms with Crippen LogP contribution in [0.25, 0.3) is 0 Å². The molecule has 1 aromatic rings. The number of amides is 2. The Morgan fingerprint density at radius 3 is 2.55 bits per heavy atom. The Morgan fingerprint density at radius 1 is 1.32 bits per heavy atom. The number of nitrogens with one attached hydrogen (secondary N) is 2. The molecule has 0 aromatic heterocycles. The number of ether oxygens (including phenoxy) is 1. The first-order valence-corrected chi connectivity index (χ1v) is 6.77. The number of carbonyl (C=O) groups is 1. The maximum absolute atomic E-state index is 13.1. The van der Waals surface area contributed by atoms with Gasteiger partial charge in [-0.1, -0.05) is 0 Å². The molecule has 8 heteroatoms. The highest BCUT2D eigenvalue weighted by atomic mass is 19.4. The van der Waals surface area contributed by atoms with E-state index in [9.17, 15) is 18.0 Å². The largest absolute Gasteiger partial charge is 0.418 e. The molecule has 0 aliphatic heterocycles. The highest BCUT2D eigenvalue weighted by molar-refractivity contribution is 5.90. The number of benzene rings is 1. The predicted molar refractivity (Wildman–Crippen MR) is 79.3 cm³/mol. The molecule has 0 fully saturated rings. The Kier molecular flexibility index (Phi) is 6.48. The molecule has 0 aliphatic rings. The van der Waals surface area contributed by atoms with Crippen molar-refractivity contribution in [1.29, 1.82) is 0 Å². The number of hydrogen-bond donors (Lipinski definition) is 2. The van der Waals surface area contributed by atoms with Crippen molar-refractivity contribution < 1.29 is 22.7 Å². The molecule has 0 saturated carbocycles. The second-order valence-electron chi connectivity index (χ2n) is 4.70. The summed E-state index contributed by atoms with van der Waals surface area (Å²) in [7, 11) is 3.28. The molecule has 22 heavy (non-hydrogen) atoms.